The van der Waals surface area contributed by atoms with Gasteiger partial charge in [0.25, 0.3) is 0 Å². The van der Waals surface area contributed by atoms with Crippen molar-refractivity contribution in [2.75, 3.05) is 33.7 Å². The molecule has 1 heterocycles. The predicted molar refractivity (Wildman–Crippen MR) is 82.2 cm³/mol. The third kappa shape index (κ3) is 3.71. The van der Waals surface area contributed by atoms with E-state index in [1.807, 2.05) is 0 Å². The lowest BCUT2D eigenvalue weighted by Gasteiger charge is -2.41. The molecule has 112 valence electrons. The molecule has 4 unspecified atom stereocenters. The summed E-state index contributed by atoms with van der Waals surface area (Å²) >= 11 is 0. The van der Waals surface area contributed by atoms with Gasteiger partial charge in [-0.15, -0.1) is 0 Å². The van der Waals surface area contributed by atoms with Crippen LogP contribution in [-0.4, -0.2) is 55.6 Å². The summed E-state index contributed by atoms with van der Waals surface area (Å²) in [4.78, 5) is 5.15. The molecule has 0 radical (unpaired) electrons. The van der Waals surface area contributed by atoms with Gasteiger partial charge in [0.2, 0.25) is 0 Å². The molecule has 2 N–H and O–H groups in total. The lowest BCUT2D eigenvalue weighted by molar-refractivity contribution is 0.0929. The first kappa shape index (κ1) is 15.3. The van der Waals surface area contributed by atoms with Gasteiger partial charge in [-0.1, -0.05) is 26.2 Å². The Balaban J connectivity index is 1.94. The Kier molecular flexibility index (Phi) is 5.67. The average Bonchev–Trinajstić information content (AvgIpc) is 2.88. The number of nitrogens with two attached hydrogens (primary N) is 1. The normalized spacial score (nSPS) is 37.1. The molecule has 0 aromatic rings. The highest BCUT2D eigenvalue weighted by atomic mass is 15.2. The topological polar surface area (TPSA) is 32.5 Å². The molecule has 2 rings (SSSR count). The average molecular weight is 267 g/mol. The first-order valence-corrected chi connectivity index (χ1v) is 8.26. The summed E-state index contributed by atoms with van der Waals surface area (Å²) in [6.07, 6.45) is 8.25. The van der Waals surface area contributed by atoms with E-state index < -0.39 is 0 Å². The van der Waals surface area contributed by atoms with Gasteiger partial charge in [0, 0.05) is 25.2 Å². The minimum atomic E-state index is 0.744. The monoisotopic (exact) mass is 267 g/mol. The molecule has 2 fully saturated rings. The zero-order valence-electron chi connectivity index (χ0n) is 13.1. The maximum Gasteiger partial charge on any atom is 0.0229 e. The van der Waals surface area contributed by atoms with Crippen LogP contribution in [0, 0.1) is 11.8 Å². The molecular formula is C16H33N3. The van der Waals surface area contributed by atoms with Crippen molar-refractivity contribution < 1.29 is 0 Å². The molecule has 19 heavy (non-hydrogen) atoms. The second-order valence-electron chi connectivity index (χ2n) is 6.93. The Morgan fingerprint density at radius 3 is 2.58 bits per heavy atom. The van der Waals surface area contributed by atoms with Crippen molar-refractivity contribution in [3.8, 4) is 0 Å². The lowest BCUT2D eigenvalue weighted by Crippen LogP contribution is -2.47. The summed E-state index contributed by atoms with van der Waals surface area (Å²) in [6.45, 7) is 5.74. The van der Waals surface area contributed by atoms with Gasteiger partial charge in [-0.05, 0) is 51.7 Å². The Labute approximate surface area is 119 Å². The number of rotatable bonds is 5. The maximum atomic E-state index is 6.04. The van der Waals surface area contributed by atoms with Crippen molar-refractivity contribution >= 4 is 0 Å². The second-order valence-corrected chi connectivity index (χ2v) is 6.93. The van der Waals surface area contributed by atoms with Crippen LogP contribution in [0.2, 0.25) is 0 Å². The minimum Gasteiger partial charge on any atom is -0.330 e. The van der Waals surface area contributed by atoms with E-state index in [0.717, 1.165) is 30.5 Å². The van der Waals surface area contributed by atoms with E-state index in [0.29, 0.717) is 0 Å². The van der Waals surface area contributed by atoms with E-state index in [9.17, 15) is 0 Å². The summed E-state index contributed by atoms with van der Waals surface area (Å²) in [6, 6.07) is 1.52. The van der Waals surface area contributed by atoms with E-state index in [1.165, 1.54) is 51.6 Å². The SMILES string of the molecule is CCCC1CCC(CN)C(N2CCC(N(C)C)C2)C1. The number of hydrogen-bond donors (Lipinski definition) is 1. The van der Waals surface area contributed by atoms with Crippen LogP contribution in [0.15, 0.2) is 0 Å². The third-order valence-corrected chi connectivity index (χ3v) is 5.46. The van der Waals surface area contributed by atoms with Gasteiger partial charge in [0.05, 0.1) is 0 Å². The van der Waals surface area contributed by atoms with Gasteiger partial charge in [-0.2, -0.15) is 0 Å². The molecule has 1 aliphatic carbocycles. The van der Waals surface area contributed by atoms with Crippen molar-refractivity contribution in [2.24, 2.45) is 17.6 Å². The van der Waals surface area contributed by atoms with Crippen molar-refractivity contribution in [3.63, 3.8) is 0 Å². The van der Waals surface area contributed by atoms with Crippen LogP contribution in [0.25, 0.3) is 0 Å². The molecule has 0 amide bonds. The lowest BCUT2D eigenvalue weighted by atomic mass is 9.76. The van der Waals surface area contributed by atoms with Crippen molar-refractivity contribution in [3.05, 3.63) is 0 Å². The maximum absolute atomic E-state index is 6.04. The molecular weight excluding hydrogens is 234 g/mol. The van der Waals surface area contributed by atoms with Crippen LogP contribution < -0.4 is 5.73 Å². The second kappa shape index (κ2) is 7.05. The van der Waals surface area contributed by atoms with Crippen LogP contribution >= 0.6 is 0 Å². The van der Waals surface area contributed by atoms with Crippen LogP contribution in [0.3, 0.4) is 0 Å². The molecule has 1 saturated carbocycles. The van der Waals surface area contributed by atoms with Gasteiger partial charge in [0.15, 0.2) is 0 Å². The molecule has 0 aromatic carbocycles. The number of likely N-dealkylation sites (N-methyl/N-ethyl adjacent to an activating group) is 1. The molecule has 2 aliphatic rings. The standard InChI is InChI=1S/C16H33N3/c1-4-5-13-6-7-14(11-17)16(10-13)19-9-8-15(12-19)18(2)3/h13-16H,4-12,17H2,1-3H3. The first-order chi connectivity index (χ1) is 9.15. The summed E-state index contributed by atoms with van der Waals surface area (Å²) in [5.41, 5.74) is 6.04. The highest BCUT2D eigenvalue weighted by Gasteiger charge is 2.36. The Morgan fingerprint density at radius 1 is 1.21 bits per heavy atom. The number of hydrogen-bond acceptors (Lipinski definition) is 3. The van der Waals surface area contributed by atoms with Gasteiger partial charge in [-0.25, -0.2) is 0 Å². The minimum absolute atomic E-state index is 0.744. The molecule has 0 spiro atoms. The van der Waals surface area contributed by atoms with Crippen LogP contribution in [-0.2, 0) is 0 Å². The van der Waals surface area contributed by atoms with Crippen molar-refractivity contribution in [1.29, 1.82) is 0 Å². The Bertz CT molecular complexity index is 267. The summed E-state index contributed by atoms with van der Waals surface area (Å²) < 4.78 is 0. The molecule has 0 aromatic heterocycles. The van der Waals surface area contributed by atoms with Crippen LogP contribution in [0.5, 0.6) is 0 Å². The third-order valence-electron chi connectivity index (χ3n) is 5.46. The van der Waals surface area contributed by atoms with E-state index in [1.54, 1.807) is 0 Å². The molecule has 0 bridgehead atoms. The fourth-order valence-electron chi connectivity index (χ4n) is 4.18. The van der Waals surface area contributed by atoms with Crippen LogP contribution in [0.4, 0.5) is 0 Å². The fourth-order valence-corrected chi connectivity index (χ4v) is 4.18. The molecule has 3 nitrogen and oxygen atoms in total. The van der Waals surface area contributed by atoms with Gasteiger partial charge < -0.3 is 10.6 Å². The molecule has 4 atom stereocenters. The zero-order valence-corrected chi connectivity index (χ0v) is 13.1. The quantitative estimate of drug-likeness (QED) is 0.828. The largest absolute Gasteiger partial charge is 0.330 e. The predicted octanol–water partition coefficient (Wildman–Crippen LogP) is 2.17. The number of nitrogens with zero attached hydrogens (tertiary/aromatic N) is 2. The molecule has 1 saturated heterocycles. The first-order valence-electron chi connectivity index (χ1n) is 8.26. The van der Waals surface area contributed by atoms with Gasteiger partial charge in [-0.3, -0.25) is 4.90 Å². The van der Waals surface area contributed by atoms with Crippen molar-refractivity contribution in [1.82, 2.24) is 9.80 Å². The van der Waals surface area contributed by atoms with Gasteiger partial charge in [0.1, 0.15) is 0 Å². The summed E-state index contributed by atoms with van der Waals surface area (Å²) in [5, 5.41) is 0. The summed E-state index contributed by atoms with van der Waals surface area (Å²) in [7, 11) is 4.44. The zero-order chi connectivity index (χ0) is 13.8. The van der Waals surface area contributed by atoms with E-state index in [2.05, 4.69) is 30.8 Å². The van der Waals surface area contributed by atoms with E-state index in [-0.39, 0.29) is 0 Å². The highest BCUT2D eigenvalue weighted by Crippen LogP contribution is 2.35. The summed E-state index contributed by atoms with van der Waals surface area (Å²) in [5.74, 6) is 1.70. The van der Waals surface area contributed by atoms with Gasteiger partial charge >= 0.3 is 0 Å². The molecule has 1 aliphatic heterocycles. The van der Waals surface area contributed by atoms with E-state index >= 15 is 0 Å². The van der Waals surface area contributed by atoms with E-state index in [4.69, 9.17) is 5.73 Å². The Morgan fingerprint density at radius 2 is 2.00 bits per heavy atom. The molecule has 3 heteroatoms. The fraction of sp³-hybridized carbons (Fsp3) is 1.00. The van der Waals surface area contributed by atoms with Crippen LogP contribution in [0.1, 0.15) is 45.4 Å². The van der Waals surface area contributed by atoms with Crippen molar-refractivity contribution in [2.45, 2.75) is 57.5 Å². The Hall–Kier alpha value is -0.120. The highest BCUT2D eigenvalue weighted by molar-refractivity contribution is 4.92. The number of likely N-dealkylation sites (tertiary alicyclic amines) is 1. The smallest absolute Gasteiger partial charge is 0.0229 e.